The molecule has 7 nitrogen and oxygen atoms in total. The standard InChI is InChI=1S/C18H20N2O5S/c1-24-14-3-2-4-15(12-14)25-10-9-19-26(22,23)16-6-7-17-13(11-16)5-8-18(21)20-17/h2-4,6-7,11-12,19H,5,8-10H2,1H3,(H,20,21). The van der Waals surface area contributed by atoms with Gasteiger partial charge >= 0.3 is 0 Å². The highest BCUT2D eigenvalue weighted by Gasteiger charge is 2.19. The lowest BCUT2D eigenvalue weighted by Crippen LogP contribution is -2.28. The van der Waals surface area contributed by atoms with Crippen molar-refractivity contribution in [2.45, 2.75) is 17.7 Å². The molecule has 8 heteroatoms. The number of amides is 1. The number of rotatable bonds is 7. The van der Waals surface area contributed by atoms with Gasteiger partial charge in [0, 0.05) is 24.7 Å². The molecule has 3 rings (SSSR count). The van der Waals surface area contributed by atoms with Crippen LogP contribution in [0.4, 0.5) is 5.69 Å². The number of carbonyl (C=O) groups is 1. The molecule has 2 aromatic rings. The monoisotopic (exact) mass is 376 g/mol. The van der Waals surface area contributed by atoms with Crippen LogP contribution in [0.1, 0.15) is 12.0 Å². The quantitative estimate of drug-likeness (QED) is 0.720. The van der Waals surface area contributed by atoms with Gasteiger partial charge in [0.05, 0.1) is 12.0 Å². The third kappa shape index (κ3) is 4.33. The summed E-state index contributed by atoms with van der Waals surface area (Å²) in [7, 11) is -2.08. The molecule has 2 aromatic carbocycles. The fraction of sp³-hybridized carbons (Fsp3) is 0.278. The molecule has 26 heavy (non-hydrogen) atoms. The zero-order valence-corrected chi connectivity index (χ0v) is 15.1. The van der Waals surface area contributed by atoms with Crippen LogP contribution < -0.4 is 19.5 Å². The Balaban J connectivity index is 1.58. The molecular formula is C18H20N2O5S. The molecule has 0 saturated heterocycles. The molecule has 0 spiro atoms. The molecule has 0 unspecified atom stereocenters. The maximum absolute atomic E-state index is 12.4. The van der Waals surface area contributed by atoms with Gasteiger partial charge in [0.1, 0.15) is 18.1 Å². The first-order valence-electron chi connectivity index (χ1n) is 8.17. The van der Waals surface area contributed by atoms with Gasteiger partial charge in [-0.15, -0.1) is 0 Å². The Morgan fingerprint density at radius 1 is 1.12 bits per heavy atom. The number of carbonyl (C=O) groups excluding carboxylic acids is 1. The highest BCUT2D eigenvalue weighted by molar-refractivity contribution is 7.89. The average molecular weight is 376 g/mol. The Bertz CT molecular complexity index is 912. The van der Waals surface area contributed by atoms with Crippen LogP contribution in [0.15, 0.2) is 47.4 Å². The maximum atomic E-state index is 12.4. The largest absolute Gasteiger partial charge is 0.497 e. The summed E-state index contributed by atoms with van der Waals surface area (Å²) in [6.45, 7) is 0.320. The molecule has 138 valence electrons. The van der Waals surface area contributed by atoms with E-state index in [1.165, 1.54) is 6.07 Å². The first kappa shape index (κ1) is 18.2. The van der Waals surface area contributed by atoms with E-state index < -0.39 is 10.0 Å². The Hall–Kier alpha value is -2.58. The van der Waals surface area contributed by atoms with Crippen LogP contribution in [0.2, 0.25) is 0 Å². The normalized spacial score (nSPS) is 13.7. The van der Waals surface area contributed by atoms with Crippen molar-refractivity contribution in [3.8, 4) is 11.5 Å². The smallest absolute Gasteiger partial charge is 0.240 e. The molecule has 0 saturated carbocycles. The summed E-state index contributed by atoms with van der Waals surface area (Å²) >= 11 is 0. The number of hydrogen-bond acceptors (Lipinski definition) is 5. The molecule has 0 fully saturated rings. The fourth-order valence-electron chi connectivity index (χ4n) is 2.65. The number of hydrogen-bond donors (Lipinski definition) is 2. The summed E-state index contributed by atoms with van der Waals surface area (Å²) in [4.78, 5) is 11.6. The lowest BCUT2D eigenvalue weighted by Gasteiger charge is -2.17. The molecule has 0 atom stereocenters. The third-order valence-corrected chi connectivity index (χ3v) is 5.45. The topological polar surface area (TPSA) is 93.7 Å². The Morgan fingerprint density at radius 3 is 2.73 bits per heavy atom. The Kier molecular flexibility index (Phi) is 5.43. The average Bonchev–Trinajstić information content (AvgIpc) is 2.65. The molecule has 1 aliphatic rings. The van der Waals surface area contributed by atoms with Crippen LogP contribution in [0, 0.1) is 0 Å². The van der Waals surface area contributed by atoms with Crippen LogP contribution in [-0.4, -0.2) is 34.6 Å². The van der Waals surface area contributed by atoms with Gasteiger partial charge < -0.3 is 14.8 Å². The summed E-state index contributed by atoms with van der Waals surface area (Å²) in [5.74, 6) is 1.22. The van der Waals surface area contributed by atoms with Crippen molar-refractivity contribution < 1.29 is 22.7 Å². The first-order valence-corrected chi connectivity index (χ1v) is 9.65. The van der Waals surface area contributed by atoms with Crippen molar-refractivity contribution in [2.24, 2.45) is 0 Å². The number of sulfonamides is 1. The van der Waals surface area contributed by atoms with E-state index in [-0.39, 0.29) is 24.0 Å². The number of aryl methyl sites for hydroxylation is 1. The SMILES string of the molecule is COc1cccc(OCCNS(=O)(=O)c2ccc3c(c2)CCC(=O)N3)c1. The molecule has 1 amide bonds. The van der Waals surface area contributed by atoms with Crippen molar-refractivity contribution in [1.82, 2.24) is 4.72 Å². The molecule has 1 aliphatic heterocycles. The zero-order valence-electron chi connectivity index (χ0n) is 14.3. The van der Waals surface area contributed by atoms with Crippen molar-refractivity contribution in [1.29, 1.82) is 0 Å². The van der Waals surface area contributed by atoms with E-state index in [0.29, 0.717) is 30.0 Å². The van der Waals surface area contributed by atoms with Gasteiger partial charge in [0.2, 0.25) is 15.9 Å². The van der Waals surface area contributed by atoms with Gasteiger partial charge in [-0.1, -0.05) is 6.07 Å². The molecule has 0 bridgehead atoms. The second-order valence-corrected chi connectivity index (χ2v) is 7.56. The number of methoxy groups -OCH3 is 1. The molecule has 1 heterocycles. The van der Waals surface area contributed by atoms with Crippen molar-refractivity contribution in [2.75, 3.05) is 25.6 Å². The predicted molar refractivity (Wildman–Crippen MR) is 97.1 cm³/mol. The lowest BCUT2D eigenvalue weighted by molar-refractivity contribution is -0.116. The van der Waals surface area contributed by atoms with E-state index in [9.17, 15) is 13.2 Å². The highest BCUT2D eigenvalue weighted by Crippen LogP contribution is 2.25. The van der Waals surface area contributed by atoms with Gasteiger partial charge in [-0.25, -0.2) is 13.1 Å². The number of nitrogens with one attached hydrogen (secondary N) is 2. The van der Waals surface area contributed by atoms with E-state index in [2.05, 4.69) is 10.0 Å². The van der Waals surface area contributed by atoms with Crippen LogP contribution in [-0.2, 0) is 21.2 Å². The van der Waals surface area contributed by atoms with Crippen LogP contribution >= 0.6 is 0 Å². The Labute approximate surface area is 152 Å². The van der Waals surface area contributed by atoms with Gasteiger partial charge in [0.15, 0.2) is 0 Å². The summed E-state index contributed by atoms with van der Waals surface area (Å²) < 4.78 is 38.0. The summed E-state index contributed by atoms with van der Waals surface area (Å²) in [5, 5.41) is 2.73. The number of fused-ring (bicyclic) bond motifs is 1. The van der Waals surface area contributed by atoms with E-state index in [0.717, 1.165) is 5.56 Å². The second-order valence-electron chi connectivity index (χ2n) is 5.79. The molecular weight excluding hydrogens is 356 g/mol. The van der Waals surface area contributed by atoms with Crippen molar-refractivity contribution in [3.63, 3.8) is 0 Å². The van der Waals surface area contributed by atoms with E-state index >= 15 is 0 Å². The van der Waals surface area contributed by atoms with Gasteiger partial charge in [-0.2, -0.15) is 0 Å². The first-order chi connectivity index (χ1) is 12.5. The van der Waals surface area contributed by atoms with E-state index in [1.807, 2.05) is 0 Å². The predicted octanol–water partition coefficient (Wildman–Crippen LogP) is 1.94. The molecule has 0 radical (unpaired) electrons. The second kappa shape index (κ2) is 7.76. The van der Waals surface area contributed by atoms with Crippen molar-refractivity contribution in [3.05, 3.63) is 48.0 Å². The number of ether oxygens (including phenoxy) is 2. The van der Waals surface area contributed by atoms with E-state index in [1.54, 1.807) is 43.5 Å². The third-order valence-electron chi connectivity index (χ3n) is 3.99. The van der Waals surface area contributed by atoms with Gasteiger partial charge in [0.25, 0.3) is 0 Å². The highest BCUT2D eigenvalue weighted by atomic mass is 32.2. The minimum atomic E-state index is -3.64. The lowest BCUT2D eigenvalue weighted by atomic mass is 10.0. The molecule has 0 aromatic heterocycles. The van der Waals surface area contributed by atoms with Crippen molar-refractivity contribution >= 4 is 21.6 Å². The maximum Gasteiger partial charge on any atom is 0.240 e. The minimum absolute atomic E-state index is 0.0547. The van der Waals surface area contributed by atoms with Gasteiger partial charge in [-0.3, -0.25) is 4.79 Å². The van der Waals surface area contributed by atoms with Crippen LogP contribution in [0.25, 0.3) is 0 Å². The van der Waals surface area contributed by atoms with Crippen LogP contribution in [0.5, 0.6) is 11.5 Å². The van der Waals surface area contributed by atoms with Crippen LogP contribution in [0.3, 0.4) is 0 Å². The molecule has 2 N–H and O–H groups in total. The minimum Gasteiger partial charge on any atom is -0.497 e. The van der Waals surface area contributed by atoms with E-state index in [4.69, 9.17) is 9.47 Å². The van der Waals surface area contributed by atoms with Gasteiger partial charge in [-0.05, 0) is 42.3 Å². The summed E-state index contributed by atoms with van der Waals surface area (Å²) in [6, 6.07) is 11.8. The number of benzene rings is 2. The zero-order chi connectivity index (χ0) is 18.6. The summed E-state index contributed by atoms with van der Waals surface area (Å²) in [6.07, 6.45) is 0.891. The number of anilines is 1. The fourth-order valence-corrected chi connectivity index (χ4v) is 3.71. The summed E-state index contributed by atoms with van der Waals surface area (Å²) in [5.41, 5.74) is 1.49. The molecule has 0 aliphatic carbocycles. The Morgan fingerprint density at radius 2 is 1.92 bits per heavy atom.